The molecule has 0 unspecified atom stereocenters. The van der Waals surface area contributed by atoms with Crippen molar-refractivity contribution in [2.45, 2.75) is 13.5 Å². The smallest absolute Gasteiger partial charge is 0.286 e. The van der Waals surface area contributed by atoms with Gasteiger partial charge in [0.1, 0.15) is 6.33 Å². The Morgan fingerprint density at radius 1 is 1.25 bits per heavy atom. The van der Waals surface area contributed by atoms with Crippen LogP contribution in [0.25, 0.3) is 21.9 Å². The summed E-state index contributed by atoms with van der Waals surface area (Å²) in [5, 5.41) is 14.9. The summed E-state index contributed by atoms with van der Waals surface area (Å²) in [6.07, 6.45) is 1.32. The van der Waals surface area contributed by atoms with E-state index in [4.69, 9.17) is 0 Å². The van der Waals surface area contributed by atoms with E-state index < -0.39 is 5.56 Å². The second-order valence-electron chi connectivity index (χ2n) is 5.60. The van der Waals surface area contributed by atoms with Gasteiger partial charge < -0.3 is 15.5 Å². The van der Waals surface area contributed by atoms with E-state index >= 15 is 0 Å². The number of fused-ring (bicyclic) bond motifs is 2. The maximum Gasteiger partial charge on any atom is 0.286 e. The minimum atomic E-state index is -0.542. The number of para-hydroxylation sites is 1. The summed E-state index contributed by atoms with van der Waals surface area (Å²) in [5.74, 6) is 0. The van der Waals surface area contributed by atoms with Crippen LogP contribution in [0.5, 0.6) is 0 Å². The average Bonchev–Trinajstić information content (AvgIpc) is 3.00. The van der Waals surface area contributed by atoms with Gasteiger partial charge in [0, 0.05) is 17.3 Å². The SMILES string of the molecule is Cc1ncnc2c1c(NCc1cc3ccccc3[nH]1)cc(=O)n2O. The molecule has 4 aromatic rings. The third kappa shape index (κ3) is 2.26. The number of benzene rings is 1. The lowest BCUT2D eigenvalue weighted by molar-refractivity contribution is 0.186. The first-order chi connectivity index (χ1) is 11.6. The molecule has 3 heterocycles. The maximum absolute atomic E-state index is 11.9. The van der Waals surface area contributed by atoms with Crippen LogP contribution in [0.3, 0.4) is 0 Å². The van der Waals surface area contributed by atoms with Gasteiger partial charge in [-0.2, -0.15) is 0 Å². The van der Waals surface area contributed by atoms with E-state index in [0.29, 0.717) is 28.0 Å². The van der Waals surface area contributed by atoms with Crippen LogP contribution in [0, 0.1) is 6.92 Å². The van der Waals surface area contributed by atoms with E-state index in [9.17, 15) is 10.0 Å². The highest BCUT2D eigenvalue weighted by atomic mass is 16.5. The molecule has 120 valence electrons. The molecule has 24 heavy (non-hydrogen) atoms. The van der Waals surface area contributed by atoms with Crippen LogP contribution in [-0.2, 0) is 6.54 Å². The van der Waals surface area contributed by atoms with Crippen LogP contribution in [0.15, 0.2) is 47.5 Å². The van der Waals surface area contributed by atoms with Gasteiger partial charge >= 0.3 is 0 Å². The molecule has 0 radical (unpaired) electrons. The van der Waals surface area contributed by atoms with Crippen molar-refractivity contribution in [3.63, 3.8) is 0 Å². The number of aromatic nitrogens is 4. The fraction of sp³-hybridized carbons (Fsp3) is 0.118. The van der Waals surface area contributed by atoms with Crippen molar-refractivity contribution in [1.82, 2.24) is 19.7 Å². The molecule has 0 bridgehead atoms. The normalized spacial score (nSPS) is 11.2. The lowest BCUT2D eigenvalue weighted by atomic mass is 10.2. The predicted molar refractivity (Wildman–Crippen MR) is 91.3 cm³/mol. The number of H-pyrrole nitrogens is 1. The summed E-state index contributed by atoms with van der Waals surface area (Å²) >= 11 is 0. The van der Waals surface area contributed by atoms with E-state index in [2.05, 4.69) is 26.3 Å². The Bertz CT molecular complexity index is 1080. The van der Waals surface area contributed by atoms with Gasteiger partial charge in [0.05, 0.1) is 23.3 Å². The minimum Gasteiger partial charge on any atom is -0.423 e. The third-order valence-electron chi connectivity index (χ3n) is 4.02. The molecule has 0 saturated carbocycles. The lowest BCUT2D eigenvalue weighted by Gasteiger charge is -2.11. The highest BCUT2D eigenvalue weighted by molar-refractivity contribution is 5.90. The van der Waals surface area contributed by atoms with Gasteiger partial charge in [-0.15, -0.1) is 4.73 Å². The van der Waals surface area contributed by atoms with Gasteiger partial charge in [-0.05, 0) is 24.4 Å². The summed E-state index contributed by atoms with van der Waals surface area (Å²) in [4.78, 5) is 23.4. The first-order valence-electron chi connectivity index (χ1n) is 7.50. The molecule has 0 atom stereocenters. The van der Waals surface area contributed by atoms with Crippen LogP contribution < -0.4 is 10.9 Å². The molecule has 3 aromatic heterocycles. The van der Waals surface area contributed by atoms with Gasteiger partial charge in [-0.1, -0.05) is 18.2 Å². The van der Waals surface area contributed by atoms with Gasteiger partial charge in [0.15, 0.2) is 5.65 Å². The number of anilines is 1. The topological polar surface area (TPSA) is 95.8 Å². The van der Waals surface area contributed by atoms with Crippen molar-refractivity contribution in [3.05, 3.63) is 64.5 Å². The molecule has 0 aliphatic rings. The zero-order chi connectivity index (χ0) is 16.7. The van der Waals surface area contributed by atoms with Crippen molar-refractivity contribution >= 4 is 27.6 Å². The van der Waals surface area contributed by atoms with E-state index in [1.807, 2.05) is 31.2 Å². The van der Waals surface area contributed by atoms with Crippen molar-refractivity contribution in [2.24, 2.45) is 0 Å². The molecule has 0 fully saturated rings. The van der Waals surface area contributed by atoms with Crippen molar-refractivity contribution < 1.29 is 5.21 Å². The van der Waals surface area contributed by atoms with Crippen LogP contribution in [0.2, 0.25) is 0 Å². The molecular weight excluding hydrogens is 306 g/mol. The number of aromatic amines is 1. The zero-order valence-corrected chi connectivity index (χ0v) is 12.9. The van der Waals surface area contributed by atoms with Crippen LogP contribution in [-0.4, -0.2) is 24.9 Å². The predicted octanol–water partition coefficient (Wildman–Crippen LogP) is 2.43. The van der Waals surface area contributed by atoms with E-state index in [0.717, 1.165) is 16.6 Å². The maximum atomic E-state index is 11.9. The quantitative estimate of drug-likeness (QED) is 0.504. The molecule has 0 aliphatic heterocycles. The Balaban J connectivity index is 1.74. The number of rotatable bonds is 3. The Morgan fingerprint density at radius 2 is 2.08 bits per heavy atom. The standard InChI is InChI=1S/C17H15N5O2/c1-10-16-14(7-15(23)22(24)17(16)20-9-19-10)18-8-12-6-11-4-2-3-5-13(11)21-12/h2-7,9,18,21,24H,8H2,1H3. The van der Waals surface area contributed by atoms with Crippen LogP contribution in [0.4, 0.5) is 5.69 Å². The second-order valence-corrected chi connectivity index (χ2v) is 5.60. The molecule has 0 amide bonds. The van der Waals surface area contributed by atoms with Crippen LogP contribution >= 0.6 is 0 Å². The Kier molecular flexibility index (Phi) is 3.19. The molecule has 4 rings (SSSR count). The summed E-state index contributed by atoms with van der Waals surface area (Å²) in [7, 11) is 0. The van der Waals surface area contributed by atoms with E-state index in [1.54, 1.807) is 0 Å². The molecule has 0 saturated heterocycles. The Hall–Kier alpha value is -3.35. The molecule has 7 heteroatoms. The van der Waals surface area contributed by atoms with Crippen LogP contribution in [0.1, 0.15) is 11.4 Å². The van der Waals surface area contributed by atoms with Gasteiger partial charge in [-0.25, -0.2) is 9.97 Å². The summed E-state index contributed by atoms with van der Waals surface area (Å²) in [5.41, 5.74) is 2.98. The highest BCUT2D eigenvalue weighted by Crippen LogP contribution is 2.23. The van der Waals surface area contributed by atoms with Gasteiger partial charge in [-0.3, -0.25) is 4.79 Å². The molecule has 7 nitrogen and oxygen atoms in total. The number of pyridine rings is 1. The summed E-state index contributed by atoms with van der Waals surface area (Å²) in [6, 6.07) is 11.4. The Morgan fingerprint density at radius 3 is 2.92 bits per heavy atom. The highest BCUT2D eigenvalue weighted by Gasteiger charge is 2.12. The first-order valence-corrected chi connectivity index (χ1v) is 7.50. The fourth-order valence-corrected chi connectivity index (χ4v) is 2.86. The number of nitrogens with zero attached hydrogens (tertiary/aromatic N) is 3. The molecule has 3 N–H and O–H groups in total. The number of hydrogen-bond acceptors (Lipinski definition) is 5. The van der Waals surface area contributed by atoms with Crippen molar-refractivity contribution in [3.8, 4) is 0 Å². The number of aryl methyl sites for hydroxylation is 1. The summed E-state index contributed by atoms with van der Waals surface area (Å²) in [6.45, 7) is 2.32. The third-order valence-corrected chi connectivity index (χ3v) is 4.02. The zero-order valence-electron chi connectivity index (χ0n) is 12.9. The van der Waals surface area contributed by atoms with E-state index in [1.165, 1.54) is 12.4 Å². The molecule has 0 spiro atoms. The lowest BCUT2D eigenvalue weighted by Crippen LogP contribution is -2.20. The van der Waals surface area contributed by atoms with Gasteiger partial charge in [0.2, 0.25) is 0 Å². The first kappa shape index (κ1) is 14.3. The number of nitrogens with one attached hydrogen (secondary N) is 2. The summed E-state index contributed by atoms with van der Waals surface area (Å²) < 4.78 is 0.540. The van der Waals surface area contributed by atoms with E-state index in [-0.39, 0.29) is 5.65 Å². The average molecular weight is 321 g/mol. The monoisotopic (exact) mass is 321 g/mol. The fourth-order valence-electron chi connectivity index (χ4n) is 2.86. The molecule has 1 aromatic carbocycles. The molecular formula is C17H15N5O2. The van der Waals surface area contributed by atoms with Crippen molar-refractivity contribution in [1.29, 1.82) is 0 Å². The minimum absolute atomic E-state index is 0.189. The largest absolute Gasteiger partial charge is 0.423 e. The van der Waals surface area contributed by atoms with Gasteiger partial charge in [0.25, 0.3) is 5.56 Å². The van der Waals surface area contributed by atoms with Crippen molar-refractivity contribution in [2.75, 3.05) is 5.32 Å². The second kappa shape index (κ2) is 5.38. The number of hydrogen-bond donors (Lipinski definition) is 3. The molecule has 0 aliphatic carbocycles. The Labute approximate surface area is 136 Å².